The smallest absolute Gasteiger partial charge is 0.338 e. The van der Waals surface area contributed by atoms with Gasteiger partial charge in [-0.1, -0.05) is 19.9 Å². The van der Waals surface area contributed by atoms with Crippen molar-refractivity contribution in [2.45, 2.75) is 39.9 Å². The van der Waals surface area contributed by atoms with Gasteiger partial charge in [-0.05, 0) is 29.7 Å². The molecule has 0 aliphatic rings. The highest BCUT2D eigenvalue weighted by atomic mass is 16.5. The third-order valence-electron chi connectivity index (χ3n) is 3.45. The number of carbonyl (C=O) groups is 3. The number of aliphatic hydroxyl groups excluding tert-OH is 2. The molecule has 1 aromatic carbocycles. The van der Waals surface area contributed by atoms with Gasteiger partial charge in [-0.15, -0.1) is 0 Å². The Kier molecular flexibility index (Phi) is 7.57. The fourth-order valence-corrected chi connectivity index (χ4v) is 2.04. The molecule has 0 amide bonds. The van der Waals surface area contributed by atoms with Crippen LogP contribution in [0.1, 0.15) is 48.2 Å². The van der Waals surface area contributed by atoms with Gasteiger partial charge in [0.25, 0.3) is 0 Å². The molecule has 1 aromatic rings. The van der Waals surface area contributed by atoms with Gasteiger partial charge in [0.05, 0.1) is 24.7 Å². The van der Waals surface area contributed by atoms with E-state index in [1.807, 2.05) is 6.92 Å². The number of hydrogen-bond acceptors (Lipinski definition) is 6. The molecule has 126 valence electrons. The number of ketones is 2. The van der Waals surface area contributed by atoms with Crippen LogP contribution in [0.15, 0.2) is 18.2 Å². The zero-order chi connectivity index (χ0) is 17.4. The standard InChI is InChI=1S/C17H22O6/c1-3-4-15(20)16(21)11(2)10-23-17(22)12-5-6-13(8-18)14(7-12)9-19/h5-7,11,18-19H,3-4,8-10H2,1-2H3. The average molecular weight is 322 g/mol. The Hall–Kier alpha value is -2.05. The third-order valence-corrected chi connectivity index (χ3v) is 3.45. The summed E-state index contributed by atoms with van der Waals surface area (Å²) in [4.78, 5) is 35.2. The van der Waals surface area contributed by atoms with Crippen molar-refractivity contribution in [1.29, 1.82) is 0 Å². The van der Waals surface area contributed by atoms with Crippen LogP contribution in [0.3, 0.4) is 0 Å². The number of benzene rings is 1. The first kappa shape index (κ1) is 19.0. The number of esters is 1. The maximum absolute atomic E-state index is 12.0. The minimum atomic E-state index is -0.688. The number of ether oxygens (including phenoxy) is 1. The van der Waals surface area contributed by atoms with E-state index in [9.17, 15) is 19.5 Å². The Morgan fingerprint density at radius 2 is 1.78 bits per heavy atom. The molecule has 0 spiro atoms. The summed E-state index contributed by atoms with van der Waals surface area (Å²) >= 11 is 0. The van der Waals surface area contributed by atoms with Crippen LogP contribution in [0.25, 0.3) is 0 Å². The average Bonchev–Trinajstić information content (AvgIpc) is 2.57. The number of rotatable bonds is 9. The molecule has 2 N–H and O–H groups in total. The predicted octanol–water partition coefficient (Wildman–Crippen LogP) is 1.40. The van der Waals surface area contributed by atoms with Crippen LogP contribution in [-0.4, -0.2) is 34.4 Å². The fraction of sp³-hybridized carbons (Fsp3) is 0.471. The van der Waals surface area contributed by atoms with E-state index in [-0.39, 0.29) is 31.8 Å². The van der Waals surface area contributed by atoms with Crippen molar-refractivity contribution in [3.8, 4) is 0 Å². The van der Waals surface area contributed by atoms with Crippen LogP contribution in [0.4, 0.5) is 0 Å². The molecule has 0 fully saturated rings. The Balaban J connectivity index is 2.66. The zero-order valence-electron chi connectivity index (χ0n) is 13.4. The lowest BCUT2D eigenvalue weighted by atomic mass is 10.0. The lowest BCUT2D eigenvalue weighted by Crippen LogP contribution is -2.26. The molecule has 0 aliphatic heterocycles. The molecule has 1 atom stereocenters. The van der Waals surface area contributed by atoms with E-state index in [1.165, 1.54) is 25.1 Å². The summed E-state index contributed by atoms with van der Waals surface area (Å²) in [5, 5.41) is 18.3. The molecule has 6 nitrogen and oxygen atoms in total. The molecule has 1 rings (SSSR count). The number of carbonyl (C=O) groups excluding carboxylic acids is 3. The van der Waals surface area contributed by atoms with Crippen molar-refractivity contribution in [2.75, 3.05) is 6.61 Å². The molecule has 6 heteroatoms. The van der Waals surface area contributed by atoms with Gasteiger partial charge in [0.2, 0.25) is 5.78 Å². The van der Waals surface area contributed by atoms with Gasteiger partial charge in [0.15, 0.2) is 5.78 Å². The maximum Gasteiger partial charge on any atom is 0.338 e. The summed E-state index contributed by atoms with van der Waals surface area (Å²) in [6, 6.07) is 4.44. The van der Waals surface area contributed by atoms with E-state index in [0.717, 1.165) is 0 Å². The van der Waals surface area contributed by atoms with Gasteiger partial charge in [-0.25, -0.2) is 4.79 Å². The Labute approximate surface area is 135 Å². The molecule has 0 bridgehead atoms. The number of hydrogen-bond donors (Lipinski definition) is 2. The van der Waals surface area contributed by atoms with Crippen molar-refractivity contribution in [3.05, 3.63) is 34.9 Å². The summed E-state index contributed by atoms with van der Waals surface area (Å²) < 4.78 is 5.06. The molecule has 0 radical (unpaired) electrons. The molecule has 0 aromatic heterocycles. The predicted molar refractivity (Wildman–Crippen MR) is 82.7 cm³/mol. The van der Waals surface area contributed by atoms with Crippen molar-refractivity contribution < 1.29 is 29.3 Å². The summed E-state index contributed by atoms with van der Waals surface area (Å²) in [7, 11) is 0. The zero-order valence-corrected chi connectivity index (χ0v) is 13.4. The van der Waals surface area contributed by atoms with Gasteiger partial charge >= 0.3 is 5.97 Å². The van der Waals surface area contributed by atoms with Crippen LogP contribution >= 0.6 is 0 Å². The summed E-state index contributed by atoms with van der Waals surface area (Å²) in [5.41, 5.74) is 1.17. The van der Waals surface area contributed by atoms with Crippen molar-refractivity contribution in [3.63, 3.8) is 0 Å². The van der Waals surface area contributed by atoms with Gasteiger partial charge in [0, 0.05) is 6.42 Å². The third kappa shape index (κ3) is 5.26. The summed E-state index contributed by atoms with van der Waals surface area (Å²) in [5.74, 6) is -2.32. The van der Waals surface area contributed by atoms with E-state index < -0.39 is 23.5 Å². The van der Waals surface area contributed by atoms with Crippen LogP contribution in [-0.2, 0) is 27.5 Å². The molecule has 0 aliphatic carbocycles. The first-order valence-electron chi connectivity index (χ1n) is 7.52. The number of Topliss-reactive ketones (excluding diaryl/α,β-unsaturated/α-hetero) is 2. The molecular formula is C17H22O6. The monoisotopic (exact) mass is 322 g/mol. The Morgan fingerprint density at radius 1 is 1.13 bits per heavy atom. The first-order chi connectivity index (χ1) is 10.9. The topological polar surface area (TPSA) is 101 Å². The lowest BCUT2D eigenvalue weighted by Gasteiger charge is -2.12. The highest BCUT2D eigenvalue weighted by Gasteiger charge is 2.22. The Morgan fingerprint density at radius 3 is 2.35 bits per heavy atom. The molecule has 23 heavy (non-hydrogen) atoms. The largest absolute Gasteiger partial charge is 0.461 e. The lowest BCUT2D eigenvalue weighted by molar-refractivity contribution is -0.139. The van der Waals surface area contributed by atoms with E-state index in [2.05, 4.69) is 0 Å². The van der Waals surface area contributed by atoms with E-state index >= 15 is 0 Å². The highest BCUT2D eigenvalue weighted by Crippen LogP contribution is 2.14. The number of aliphatic hydroxyl groups is 2. The van der Waals surface area contributed by atoms with E-state index in [4.69, 9.17) is 9.84 Å². The van der Waals surface area contributed by atoms with Gasteiger partial charge < -0.3 is 14.9 Å². The second-order valence-corrected chi connectivity index (χ2v) is 5.34. The van der Waals surface area contributed by atoms with Gasteiger partial charge in [-0.2, -0.15) is 0 Å². The van der Waals surface area contributed by atoms with Gasteiger partial charge in [0.1, 0.15) is 6.61 Å². The van der Waals surface area contributed by atoms with Gasteiger partial charge in [-0.3, -0.25) is 9.59 Å². The first-order valence-corrected chi connectivity index (χ1v) is 7.52. The summed E-state index contributed by atoms with van der Waals surface area (Å²) in [6.07, 6.45) is 0.790. The highest BCUT2D eigenvalue weighted by molar-refractivity contribution is 6.37. The second-order valence-electron chi connectivity index (χ2n) is 5.34. The minimum absolute atomic E-state index is 0.177. The van der Waals surface area contributed by atoms with Crippen molar-refractivity contribution >= 4 is 17.5 Å². The van der Waals surface area contributed by atoms with E-state index in [1.54, 1.807) is 0 Å². The molecular weight excluding hydrogens is 300 g/mol. The normalized spacial score (nSPS) is 11.8. The minimum Gasteiger partial charge on any atom is -0.461 e. The maximum atomic E-state index is 12.0. The van der Waals surface area contributed by atoms with Crippen LogP contribution in [0, 0.1) is 5.92 Å². The fourth-order valence-electron chi connectivity index (χ4n) is 2.04. The molecule has 0 heterocycles. The molecule has 0 saturated heterocycles. The van der Waals surface area contributed by atoms with Crippen LogP contribution in [0.5, 0.6) is 0 Å². The van der Waals surface area contributed by atoms with Crippen LogP contribution in [0.2, 0.25) is 0 Å². The SMILES string of the molecule is CCCC(=O)C(=O)C(C)COC(=O)c1ccc(CO)c(CO)c1. The van der Waals surface area contributed by atoms with Crippen molar-refractivity contribution in [2.24, 2.45) is 5.92 Å². The Bertz CT molecular complexity index is 578. The summed E-state index contributed by atoms with van der Waals surface area (Å²) in [6.45, 7) is 2.62. The molecule has 0 saturated carbocycles. The van der Waals surface area contributed by atoms with E-state index in [0.29, 0.717) is 17.5 Å². The van der Waals surface area contributed by atoms with Crippen LogP contribution < -0.4 is 0 Å². The van der Waals surface area contributed by atoms with Crippen molar-refractivity contribution in [1.82, 2.24) is 0 Å². The molecule has 1 unspecified atom stereocenters. The second kappa shape index (κ2) is 9.17. The quantitative estimate of drug-likeness (QED) is 0.526.